The number of pyridine rings is 1. The molecule has 6 heteroatoms. The van der Waals surface area contributed by atoms with E-state index in [1.807, 2.05) is 0 Å². The second-order valence-electron chi connectivity index (χ2n) is 5.79. The van der Waals surface area contributed by atoms with Crippen LogP contribution in [0.4, 0.5) is 4.39 Å². The standard InChI is InChI=1S/C14H19ClFN3O/c1-14(3-5-19(2)6-4-14)9-18-13(20)11-7-10(16)8-17-12(11)15/h7-8H,3-6,9H2,1-2H3,(H,18,20). The monoisotopic (exact) mass is 299 g/mol. The lowest BCUT2D eigenvalue weighted by atomic mass is 9.80. The van der Waals surface area contributed by atoms with Crippen molar-refractivity contribution in [2.45, 2.75) is 19.8 Å². The molecule has 0 saturated carbocycles. The van der Waals surface area contributed by atoms with Crippen LogP contribution in [0.15, 0.2) is 12.3 Å². The average Bonchev–Trinajstić information content (AvgIpc) is 2.43. The molecule has 0 atom stereocenters. The first-order chi connectivity index (χ1) is 9.39. The van der Waals surface area contributed by atoms with E-state index in [4.69, 9.17) is 11.6 Å². The van der Waals surface area contributed by atoms with Crippen molar-refractivity contribution in [3.05, 3.63) is 28.8 Å². The fourth-order valence-electron chi connectivity index (χ4n) is 2.31. The Kier molecular flexibility index (Phi) is 4.60. The summed E-state index contributed by atoms with van der Waals surface area (Å²) in [5.74, 6) is -0.938. The average molecular weight is 300 g/mol. The molecule has 0 radical (unpaired) electrons. The van der Waals surface area contributed by atoms with Crippen molar-refractivity contribution in [1.29, 1.82) is 0 Å². The Balaban J connectivity index is 1.97. The number of aromatic nitrogens is 1. The van der Waals surface area contributed by atoms with Crippen LogP contribution in [0.5, 0.6) is 0 Å². The molecule has 0 aliphatic carbocycles. The van der Waals surface area contributed by atoms with Crippen LogP contribution in [-0.4, -0.2) is 42.5 Å². The van der Waals surface area contributed by atoms with Crippen LogP contribution in [0.3, 0.4) is 0 Å². The lowest BCUT2D eigenvalue weighted by Gasteiger charge is -2.37. The van der Waals surface area contributed by atoms with Crippen molar-refractivity contribution in [3.63, 3.8) is 0 Å². The number of likely N-dealkylation sites (tertiary alicyclic amines) is 1. The summed E-state index contributed by atoms with van der Waals surface area (Å²) in [5.41, 5.74) is 0.165. The van der Waals surface area contributed by atoms with Crippen molar-refractivity contribution in [2.24, 2.45) is 5.41 Å². The molecule has 4 nitrogen and oxygen atoms in total. The van der Waals surface area contributed by atoms with E-state index in [0.29, 0.717) is 6.54 Å². The minimum atomic E-state index is -0.565. The zero-order valence-corrected chi connectivity index (χ0v) is 12.5. The van der Waals surface area contributed by atoms with Gasteiger partial charge in [-0.05, 0) is 44.5 Å². The Hall–Kier alpha value is -1.20. The zero-order chi connectivity index (χ0) is 14.8. The van der Waals surface area contributed by atoms with Gasteiger partial charge in [0.05, 0.1) is 11.8 Å². The van der Waals surface area contributed by atoms with Crippen molar-refractivity contribution >= 4 is 17.5 Å². The summed E-state index contributed by atoms with van der Waals surface area (Å²) in [4.78, 5) is 18.0. The molecule has 1 aromatic heterocycles. The van der Waals surface area contributed by atoms with Gasteiger partial charge in [0.15, 0.2) is 0 Å². The van der Waals surface area contributed by atoms with Crippen LogP contribution < -0.4 is 5.32 Å². The molecule has 1 aliphatic heterocycles. The highest BCUT2D eigenvalue weighted by atomic mass is 35.5. The molecule has 2 heterocycles. The number of hydrogen-bond acceptors (Lipinski definition) is 3. The fourth-order valence-corrected chi connectivity index (χ4v) is 2.50. The number of rotatable bonds is 3. The van der Waals surface area contributed by atoms with Gasteiger partial charge >= 0.3 is 0 Å². The van der Waals surface area contributed by atoms with E-state index in [1.54, 1.807) is 0 Å². The summed E-state index contributed by atoms with van der Waals surface area (Å²) in [5, 5.41) is 2.87. The van der Waals surface area contributed by atoms with Gasteiger partial charge in [-0.15, -0.1) is 0 Å². The molecule has 20 heavy (non-hydrogen) atoms. The van der Waals surface area contributed by atoms with E-state index in [0.717, 1.165) is 38.2 Å². The zero-order valence-electron chi connectivity index (χ0n) is 11.7. The highest BCUT2D eigenvalue weighted by Crippen LogP contribution is 2.29. The fraction of sp³-hybridized carbons (Fsp3) is 0.571. The van der Waals surface area contributed by atoms with Gasteiger partial charge < -0.3 is 10.2 Å². The first-order valence-corrected chi connectivity index (χ1v) is 7.05. The highest BCUT2D eigenvalue weighted by molar-refractivity contribution is 6.32. The Labute approximate surface area is 123 Å². The number of amides is 1. The number of piperidine rings is 1. The summed E-state index contributed by atoms with van der Waals surface area (Å²) < 4.78 is 13.1. The van der Waals surface area contributed by atoms with Gasteiger partial charge in [0.25, 0.3) is 5.91 Å². The normalized spacial score (nSPS) is 18.8. The predicted octanol–water partition coefficient (Wildman–Crippen LogP) is 2.34. The highest BCUT2D eigenvalue weighted by Gasteiger charge is 2.29. The van der Waals surface area contributed by atoms with Crippen molar-refractivity contribution in [1.82, 2.24) is 15.2 Å². The third kappa shape index (κ3) is 3.67. The smallest absolute Gasteiger partial charge is 0.254 e. The molecule has 1 fully saturated rings. The van der Waals surface area contributed by atoms with Crippen LogP contribution in [0, 0.1) is 11.2 Å². The number of carbonyl (C=O) groups is 1. The molecule has 0 spiro atoms. The van der Waals surface area contributed by atoms with Crippen LogP contribution >= 0.6 is 11.6 Å². The molecule has 1 N–H and O–H groups in total. The summed E-state index contributed by atoms with van der Waals surface area (Å²) in [6, 6.07) is 1.11. The molecule has 1 aromatic rings. The maximum Gasteiger partial charge on any atom is 0.254 e. The summed E-state index contributed by atoms with van der Waals surface area (Å²) in [6.07, 6.45) is 3.05. The molecule has 2 rings (SSSR count). The van der Waals surface area contributed by atoms with Gasteiger partial charge in [-0.25, -0.2) is 9.37 Å². The second-order valence-corrected chi connectivity index (χ2v) is 6.15. The lowest BCUT2D eigenvalue weighted by Crippen LogP contribution is -2.43. The Morgan fingerprint density at radius 1 is 1.55 bits per heavy atom. The minimum Gasteiger partial charge on any atom is -0.351 e. The minimum absolute atomic E-state index is 0.0254. The van der Waals surface area contributed by atoms with Crippen molar-refractivity contribution in [2.75, 3.05) is 26.7 Å². The topological polar surface area (TPSA) is 45.2 Å². The van der Waals surface area contributed by atoms with Crippen LogP contribution in [0.2, 0.25) is 5.15 Å². The third-order valence-corrected chi connectivity index (χ3v) is 4.22. The van der Waals surface area contributed by atoms with Crippen molar-refractivity contribution < 1.29 is 9.18 Å². The van der Waals surface area contributed by atoms with Crippen LogP contribution in [0.25, 0.3) is 0 Å². The van der Waals surface area contributed by atoms with Gasteiger partial charge in [-0.1, -0.05) is 18.5 Å². The maximum absolute atomic E-state index is 13.1. The molecule has 0 bridgehead atoms. The first kappa shape index (κ1) is 15.2. The summed E-state index contributed by atoms with van der Waals surface area (Å²) >= 11 is 5.82. The Morgan fingerprint density at radius 2 is 2.20 bits per heavy atom. The lowest BCUT2D eigenvalue weighted by molar-refractivity contribution is 0.0891. The van der Waals surface area contributed by atoms with E-state index in [-0.39, 0.29) is 22.0 Å². The number of carbonyl (C=O) groups excluding carboxylic acids is 1. The van der Waals surface area contributed by atoms with Crippen LogP contribution in [0.1, 0.15) is 30.1 Å². The van der Waals surface area contributed by atoms with Crippen LogP contribution in [-0.2, 0) is 0 Å². The number of nitrogens with zero attached hydrogens (tertiary/aromatic N) is 2. The maximum atomic E-state index is 13.1. The van der Waals surface area contributed by atoms with Gasteiger partial charge in [-0.3, -0.25) is 4.79 Å². The molecule has 1 amide bonds. The van der Waals surface area contributed by atoms with Gasteiger partial charge in [0, 0.05) is 6.54 Å². The SMILES string of the molecule is CN1CCC(C)(CNC(=O)c2cc(F)cnc2Cl)CC1. The third-order valence-electron chi connectivity index (χ3n) is 3.92. The second kappa shape index (κ2) is 6.06. The Morgan fingerprint density at radius 3 is 2.85 bits per heavy atom. The van der Waals surface area contributed by atoms with E-state index in [1.165, 1.54) is 0 Å². The number of halogens is 2. The van der Waals surface area contributed by atoms with E-state index in [9.17, 15) is 9.18 Å². The summed E-state index contributed by atoms with van der Waals surface area (Å²) in [7, 11) is 2.09. The van der Waals surface area contributed by atoms with E-state index < -0.39 is 5.82 Å². The Bertz CT molecular complexity index is 501. The molecule has 0 aromatic carbocycles. The number of hydrogen-bond donors (Lipinski definition) is 1. The van der Waals surface area contributed by atoms with E-state index in [2.05, 4.69) is 29.2 Å². The van der Waals surface area contributed by atoms with E-state index >= 15 is 0 Å². The molecular formula is C14H19ClFN3O. The molecule has 0 unspecified atom stereocenters. The quantitative estimate of drug-likeness (QED) is 0.871. The van der Waals surface area contributed by atoms with Gasteiger partial charge in [-0.2, -0.15) is 0 Å². The van der Waals surface area contributed by atoms with Gasteiger partial charge in [0.2, 0.25) is 0 Å². The summed E-state index contributed by atoms with van der Waals surface area (Å²) in [6.45, 7) is 4.77. The predicted molar refractivity (Wildman–Crippen MR) is 76.4 cm³/mol. The first-order valence-electron chi connectivity index (χ1n) is 6.67. The molecule has 110 valence electrons. The van der Waals surface area contributed by atoms with Crippen molar-refractivity contribution in [3.8, 4) is 0 Å². The molecule has 1 saturated heterocycles. The molecule has 1 aliphatic rings. The number of nitrogens with one attached hydrogen (secondary N) is 1. The largest absolute Gasteiger partial charge is 0.351 e. The van der Waals surface area contributed by atoms with Gasteiger partial charge in [0.1, 0.15) is 11.0 Å². The molecular weight excluding hydrogens is 281 g/mol.